The molecule has 100 valence electrons. The molecule has 1 aromatic rings. The average molecular weight is 252 g/mol. The molecule has 0 aliphatic carbocycles. The number of nitro groups is 1. The average Bonchev–Trinajstić information content (AvgIpc) is 2.27. The lowest BCUT2D eigenvalue weighted by atomic mass is 10.1. The number of benzene rings is 1. The third-order valence-electron chi connectivity index (χ3n) is 2.83. The lowest BCUT2D eigenvalue weighted by Crippen LogP contribution is -2.31. The lowest BCUT2D eigenvalue weighted by Gasteiger charge is -2.21. The predicted molar refractivity (Wildman–Crippen MR) is 70.4 cm³/mol. The normalized spacial score (nSPS) is 16.0. The number of rotatable bonds is 6. The molecular formula is C13H20N2O3. The minimum absolute atomic E-state index is 0.0968. The third kappa shape index (κ3) is 4.43. The van der Waals surface area contributed by atoms with E-state index < -0.39 is 4.92 Å². The summed E-state index contributed by atoms with van der Waals surface area (Å²) < 4.78 is 0. The van der Waals surface area contributed by atoms with Crippen LogP contribution in [0.15, 0.2) is 24.3 Å². The highest BCUT2D eigenvalue weighted by Gasteiger charge is 2.12. The maximum Gasteiger partial charge on any atom is 0.269 e. The molecule has 0 radical (unpaired) electrons. The summed E-state index contributed by atoms with van der Waals surface area (Å²) in [7, 11) is 0. The smallest absolute Gasteiger partial charge is 0.269 e. The standard InChI is InChI=1S/C13H20N2O3/c1-9(8-10(2)16)14-11(3)12-4-6-13(7-5-12)15(17)18/h4-7,9-11,14,16H,8H2,1-3H3. The summed E-state index contributed by atoms with van der Waals surface area (Å²) in [5, 5.41) is 23.2. The van der Waals surface area contributed by atoms with Gasteiger partial charge < -0.3 is 10.4 Å². The zero-order valence-corrected chi connectivity index (χ0v) is 11.0. The van der Waals surface area contributed by atoms with Gasteiger partial charge >= 0.3 is 0 Å². The molecule has 5 heteroatoms. The van der Waals surface area contributed by atoms with E-state index in [1.165, 1.54) is 12.1 Å². The van der Waals surface area contributed by atoms with Crippen molar-refractivity contribution in [2.45, 2.75) is 45.4 Å². The molecule has 0 fully saturated rings. The van der Waals surface area contributed by atoms with Crippen molar-refractivity contribution in [2.24, 2.45) is 0 Å². The number of non-ortho nitro benzene ring substituents is 1. The Kier molecular flexibility index (Phi) is 5.25. The van der Waals surface area contributed by atoms with Crippen molar-refractivity contribution in [1.29, 1.82) is 0 Å². The minimum atomic E-state index is -0.405. The Labute approximate surface area is 107 Å². The van der Waals surface area contributed by atoms with Crippen molar-refractivity contribution in [3.8, 4) is 0 Å². The Balaban J connectivity index is 2.61. The van der Waals surface area contributed by atoms with Gasteiger partial charge in [0.05, 0.1) is 11.0 Å². The van der Waals surface area contributed by atoms with Crippen LogP contribution in [0.3, 0.4) is 0 Å². The maximum absolute atomic E-state index is 10.5. The number of hydrogen-bond acceptors (Lipinski definition) is 4. The second kappa shape index (κ2) is 6.47. The first kappa shape index (κ1) is 14.6. The van der Waals surface area contributed by atoms with Crippen molar-refractivity contribution in [1.82, 2.24) is 5.32 Å². The molecule has 1 aromatic carbocycles. The fourth-order valence-corrected chi connectivity index (χ4v) is 1.99. The van der Waals surface area contributed by atoms with E-state index in [1.807, 2.05) is 13.8 Å². The van der Waals surface area contributed by atoms with Crippen LogP contribution in [0.2, 0.25) is 0 Å². The van der Waals surface area contributed by atoms with Crippen molar-refractivity contribution < 1.29 is 10.0 Å². The number of nitrogens with one attached hydrogen (secondary N) is 1. The fraction of sp³-hybridized carbons (Fsp3) is 0.538. The summed E-state index contributed by atoms with van der Waals surface area (Å²) in [6.07, 6.45) is 0.341. The van der Waals surface area contributed by atoms with Crippen LogP contribution in [-0.4, -0.2) is 22.2 Å². The van der Waals surface area contributed by atoms with E-state index in [9.17, 15) is 15.2 Å². The van der Waals surface area contributed by atoms with E-state index in [4.69, 9.17) is 0 Å². The van der Waals surface area contributed by atoms with Crippen LogP contribution in [0.5, 0.6) is 0 Å². The summed E-state index contributed by atoms with van der Waals surface area (Å²) >= 11 is 0. The molecular weight excluding hydrogens is 232 g/mol. The van der Waals surface area contributed by atoms with Crippen LogP contribution in [-0.2, 0) is 0 Å². The van der Waals surface area contributed by atoms with Gasteiger partial charge in [0.2, 0.25) is 0 Å². The Morgan fingerprint density at radius 1 is 1.28 bits per heavy atom. The second-order valence-electron chi connectivity index (χ2n) is 4.72. The molecule has 18 heavy (non-hydrogen) atoms. The zero-order chi connectivity index (χ0) is 13.7. The lowest BCUT2D eigenvalue weighted by molar-refractivity contribution is -0.384. The first-order chi connectivity index (χ1) is 8.40. The van der Waals surface area contributed by atoms with Gasteiger partial charge in [0.15, 0.2) is 0 Å². The number of aliphatic hydroxyl groups excluding tert-OH is 1. The number of hydrogen-bond donors (Lipinski definition) is 2. The van der Waals surface area contributed by atoms with Crippen LogP contribution in [0.25, 0.3) is 0 Å². The van der Waals surface area contributed by atoms with E-state index in [2.05, 4.69) is 5.32 Å². The summed E-state index contributed by atoms with van der Waals surface area (Å²) in [5.74, 6) is 0. The SMILES string of the molecule is CC(O)CC(C)NC(C)c1ccc([N+](=O)[O-])cc1. The maximum atomic E-state index is 10.5. The molecule has 0 bridgehead atoms. The van der Waals surface area contributed by atoms with Gasteiger partial charge in [-0.3, -0.25) is 10.1 Å². The van der Waals surface area contributed by atoms with Crippen molar-refractivity contribution >= 4 is 5.69 Å². The number of aliphatic hydroxyl groups is 1. The summed E-state index contributed by atoms with van der Waals surface area (Å²) in [6.45, 7) is 5.77. The van der Waals surface area contributed by atoms with Gasteiger partial charge in [-0.1, -0.05) is 12.1 Å². The molecule has 3 atom stereocenters. The van der Waals surface area contributed by atoms with Gasteiger partial charge in [0, 0.05) is 24.2 Å². The first-order valence-corrected chi connectivity index (χ1v) is 6.08. The van der Waals surface area contributed by atoms with Crippen LogP contribution in [0.1, 0.15) is 38.8 Å². The summed E-state index contributed by atoms with van der Waals surface area (Å²) in [4.78, 5) is 10.1. The highest BCUT2D eigenvalue weighted by atomic mass is 16.6. The van der Waals surface area contributed by atoms with Crippen LogP contribution in [0, 0.1) is 10.1 Å². The van der Waals surface area contributed by atoms with Gasteiger partial charge in [-0.25, -0.2) is 0 Å². The second-order valence-corrected chi connectivity index (χ2v) is 4.72. The molecule has 0 saturated heterocycles. The Morgan fingerprint density at radius 2 is 1.83 bits per heavy atom. The van der Waals surface area contributed by atoms with Crippen LogP contribution >= 0.6 is 0 Å². The molecule has 0 saturated carbocycles. The highest BCUT2D eigenvalue weighted by Crippen LogP contribution is 2.18. The molecule has 5 nitrogen and oxygen atoms in total. The van der Waals surface area contributed by atoms with Gasteiger partial charge in [0.25, 0.3) is 5.69 Å². The van der Waals surface area contributed by atoms with E-state index >= 15 is 0 Å². The Hall–Kier alpha value is -1.46. The van der Waals surface area contributed by atoms with Crippen molar-refractivity contribution in [3.05, 3.63) is 39.9 Å². The van der Waals surface area contributed by atoms with E-state index in [0.717, 1.165) is 5.56 Å². The molecule has 0 amide bonds. The first-order valence-electron chi connectivity index (χ1n) is 6.08. The molecule has 0 aliphatic rings. The van der Waals surface area contributed by atoms with E-state index in [0.29, 0.717) is 6.42 Å². The minimum Gasteiger partial charge on any atom is -0.393 e. The predicted octanol–water partition coefficient (Wildman–Crippen LogP) is 2.40. The van der Waals surface area contributed by atoms with Crippen LogP contribution in [0.4, 0.5) is 5.69 Å². The monoisotopic (exact) mass is 252 g/mol. The molecule has 2 N–H and O–H groups in total. The number of nitrogens with zero attached hydrogens (tertiary/aromatic N) is 1. The van der Waals surface area contributed by atoms with E-state index in [1.54, 1.807) is 19.1 Å². The molecule has 0 heterocycles. The van der Waals surface area contributed by atoms with Gasteiger partial charge in [0.1, 0.15) is 0 Å². The van der Waals surface area contributed by atoms with Crippen LogP contribution < -0.4 is 5.32 Å². The Morgan fingerprint density at radius 3 is 2.28 bits per heavy atom. The molecule has 3 unspecified atom stereocenters. The van der Waals surface area contributed by atoms with E-state index in [-0.39, 0.29) is 23.9 Å². The van der Waals surface area contributed by atoms with Crippen molar-refractivity contribution in [3.63, 3.8) is 0 Å². The van der Waals surface area contributed by atoms with Gasteiger partial charge in [-0.05, 0) is 32.8 Å². The Bertz CT molecular complexity index is 390. The molecule has 0 spiro atoms. The third-order valence-corrected chi connectivity index (χ3v) is 2.83. The highest BCUT2D eigenvalue weighted by molar-refractivity contribution is 5.34. The molecule has 0 aromatic heterocycles. The zero-order valence-electron chi connectivity index (χ0n) is 11.0. The largest absolute Gasteiger partial charge is 0.393 e. The quantitative estimate of drug-likeness (QED) is 0.602. The van der Waals surface area contributed by atoms with Gasteiger partial charge in [-0.15, -0.1) is 0 Å². The fourth-order valence-electron chi connectivity index (χ4n) is 1.99. The number of nitro benzene ring substituents is 1. The van der Waals surface area contributed by atoms with Crippen molar-refractivity contribution in [2.75, 3.05) is 0 Å². The topological polar surface area (TPSA) is 75.4 Å². The molecule has 1 rings (SSSR count). The summed E-state index contributed by atoms with van der Waals surface area (Å²) in [6, 6.07) is 6.81. The van der Waals surface area contributed by atoms with Gasteiger partial charge in [-0.2, -0.15) is 0 Å². The molecule has 0 aliphatic heterocycles. The summed E-state index contributed by atoms with van der Waals surface area (Å²) in [5.41, 5.74) is 1.10.